The fourth-order valence-electron chi connectivity index (χ4n) is 2.49. The summed E-state index contributed by atoms with van der Waals surface area (Å²) in [6.07, 6.45) is 0.411. The molecule has 3 rings (SSSR count). The van der Waals surface area contributed by atoms with E-state index < -0.39 is 4.92 Å². The van der Waals surface area contributed by atoms with E-state index in [9.17, 15) is 14.9 Å². The molecule has 25 heavy (non-hydrogen) atoms. The first kappa shape index (κ1) is 16.6. The van der Waals surface area contributed by atoms with Crippen LogP contribution in [-0.2, 0) is 4.79 Å². The molecule has 0 radical (unpaired) electrons. The number of aromatic nitrogens is 1. The predicted molar refractivity (Wildman–Crippen MR) is 94.2 cm³/mol. The molecule has 0 fully saturated rings. The number of non-ortho nitro benzene ring substituents is 1. The van der Waals surface area contributed by atoms with Gasteiger partial charge in [0.2, 0.25) is 11.8 Å². The highest BCUT2D eigenvalue weighted by Gasteiger charge is 2.16. The Balaban J connectivity index is 1.97. The molecule has 1 heterocycles. The molecule has 3 aromatic rings. The number of nitro benzene ring substituents is 1. The van der Waals surface area contributed by atoms with Gasteiger partial charge in [0, 0.05) is 12.5 Å². The van der Waals surface area contributed by atoms with E-state index in [1.54, 1.807) is 18.2 Å². The number of benzene rings is 2. The maximum Gasteiger partial charge on any atom is 0.273 e. The van der Waals surface area contributed by atoms with Crippen LogP contribution in [-0.4, -0.2) is 15.8 Å². The highest BCUT2D eigenvalue weighted by molar-refractivity contribution is 5.95. The highest BCUT2D eigenvalue weighted by Crippen LogP contribution is 2.31. The van der Waals surface area contributed by atoms with Crippen molar-refractivity contribution in [2.24, 2.45) is 5.92 Å². The average molecular weight is 339 g/mol. The van der Waals surface area contributed by atoms with E-state index in [-0.39, 0.29) is 17.5 Å². The van der Waals surface area contributed by atoms with Gasteiger partial charge in [0.25, 0.3) is 5.69 Å². The molecule has 0 saturated carbocycles. The van der Waals surface area contributed by atoms with Gasteiger partial charge < -0.3 is 9.73 Å². The van der Waals surface area contributed by atoms with Gasteiger partial charge in [-0.05, 0) is 24.1 Å². The van der Waals surface area contributed by atoms with Gasteiger partial charge in [-0.3, -0.25) is 14.9 Å². The van der Waals surface area contributed by atoms with Gasteiger partial charge in [0.15, 0.2) is 5.58 Å². The van der Waals surface area contributed by atoms with Crippen molar-refractivity contribution in [1.82, 2.24) is 4.98 Å². The Bertz CT molecular complexity index is 946. The minimum atomic E-state index is -0.484. The number of nitrogens with zero attached hydrogens (tertiary/aromatic N) is 2. The van der Waals surface area contributed by atoms with Crippen molar-refractivity contribution in [1.29, 1.82) is 0 Å². The van der Waals surface area contributed by atoms with Gasteiger partial charge in [-0.25, -0.2) is 4.98 Å². The van der Waals surface area contributed by atoms with Crippen LogP contribution in [0.1, 0.15) is 20.3 Å². The van der Waals surface area contributed by atoms with Crippen molar-refractivity contribution >= 4 is 28.4 Å². The van der Waals surface area contributed by atoms with Gasteiger partial charge in [-0.1, -0.05) is 26.0 Å². The number of carbonyl (C=O) groups is 1. The third kappa shape index (κ3) is 3.65. The molecule has 7 heteroatoms. The Morgan fingerprint density at radius 1 is 1.28 bits per heavy atom. The lowest BCUT2D eigenvalue weighted by Gasteiger charge is -2.10. The lowest BCUT2D eigenvalue weighted by Crippen LogP contribution is -2.14. The summed E-state index contributed by atoms with van der Waals surface area (Å²) >= 11 is 0. The van der Waals surface area contributed by atoms with Crippen molar-refractivity contribution in [3.63, 3.8) is 0 Å². The molecule has 128 valence electrons. The van der Waals surface area contributed by atoms with Gasteiger partial charge >= 0.3 is 0 Å². The molecule has 0 atom stereocenters. The molecule has 0 saturated heterocycles. The molecule has 1 aromatic heterocycles. The van der Waals surface area contributed by atoms with Crippen LogP contribution in [0.2, 0.25) is 0 Å². The minimum absolute atomic E-state index is 0.0614. The summed E-state index contributed by atoms with van der Waals surface area (Å²) < 4.78 is 5.68. The summed E-state index contributed by atoms with van der Waals surface area (Å²) in [5, 5.41) is 13.7. The lowest BCUT2D eigenvalue weighted by atomic mass is 10.1. The molecule has 0 aliphatic rings. The molecule has 0 spiro atoms. The zero-order valence-corrected chi connectivity index (χ0v) is 13.9. The standard InChI is InChI=1S/C18H17N3O4/c1-11(2)9-17(22)19-14-6-4-3-5-13(14)18-20-15-8-7-12(21(23)24)10-16(15)25-18/h3-8,10-11H,9H2,1-2H3,(H,19,22). The molecule has 0 unspecified atom stereocenters. The largest absolute Gasteiger partial charge is 0.436 e. The van der Waals surface area contributed by atoms with Crippen molar-refractivity contribution in [2.45, 2.75) is 20.3 Å². The smallest absolute Gasteiger partial charge is 0.273 e. The fourth-order valence-corrected chi connectivity index (χ4v) is 2.49. The third-order valence-electron chi connectivity index (χ3n) is 3.61. The summed E-state index contributed by atoms with van der Waals surface area (Å²) in [5.41, 5.74) is 2.00. The zero-order valence-electron chi connectivity index (χ0n) is 13.9. The summed E-state index contributed by atoms with van der Waals surface area (Å²) in [5.74, 6) is 0.460. The SMILES string of the molecule is CC(C)CC(=O)Nc1ccccc1-c1nc2ccc([N+](=O)[O-])cc2o1. The molecule has 0 bridgehead atoms. The summed E-state index contributed by atoms with van der Waals surface area (Å²) in [4.78, 5) is 26.8. The second kappa shape index (κ2) is 6.72. The first-order valence-electron chi connectivity index (χ1n) is 7.88. The predicted octanol–water partition coefficient (Wildman–Crippen LogP) is 4.39. The maximum absolute atomic E-state index is 12.1. The van der Waals surface area contributed by atoms with E-state index in [1.807, 2.05) is 26.0 Å². The van der Waals surface area contributed by atoms with E-state index in [0.29, 0.717) is 34.7 Å². The van der Waals surface area contributed by atoms with Crippen molar-refractivity contribution in [3.8, 4) is 11.5 Å². The van der Waals surface area contributed by atoms with Gasteiger partial charge in [-0.15, -0.1) is 0 Å². The van der Waals surface area contributed by atoms with Crippen molar-refractivity contribution in [3.05, 3.63) is 52.6 Å². The van der Waals surface area contributed by atoms with Crippen LogP contribution in [0.3, 0.4) is 0 Å². The van der Waals surface area contributed by atoms with Gasteiger partial charge in [0.05, 0.1) is 22.2 Å². The van der Waals surface area contributed by atoms with Crippen molar-refractivity contribution < 1.29 is 14.1 Å². The van der Waals surface area contributed by atoms with E-state index >= 15 is 0 Å². The number of oxazole rings is 1. The first-order chi connectivity index (χ1) is 11.9. The number of nitrogens with one attached hydrogen (secondary N) is 1. The van der Waals surface area contributed by atoms with Crippen LogP contribution >= 0.6 is 0 Å². The summed E-state index contributed by atoms with van der Waals surface area (Å²) in [6.45, 7) is 3.94. The van der Waals surface area contributed by atoms with Gasteiger partial charge in [0.1, 0.15) is 5.52 Å². The number of carbonyl (C=O) groups excluding carboxylic acids is 1. The molecule has 0 aliphatic heterocycles. The minimum Gasteiger partial charge on any atom is -0.436 e. The molecule has 1 amide bonds. The number of nitro groups is 1. The molecule has 2 aromatic carbocycles. The van der Waals surface area contributed by atoms with Crippen LogP contribution in [0.25, 0.3) is 22.6 Å². The second-order valence-corrected chi connectivity index (χ2v) is 6.12. The topological polar surface area (TPSA) is 98.3 Å². The van der Waals surface area contributed by atoms with Crippen LogP contribution in [0, 0.1) is 16.0 Å². The van der Waals surface area contributed by atoms with Crippen LogP contribution in [0.15, 0.2) is 46.9 Å². The van der Waals surface area contributed by atoms with E-state index in [0.717, 1.165) is 0 Å². The Hall–Kier alpha value is -3.22. The quantitative estimate of drug-likeness (QED) is 0.549. The normalized spacial score (nSPS) is 11.0. The number of hydrogen-bond donors (Lipinski definition) is 1. The maximum atomic E-state index is 12.1. The number of hydrogen-bond acceptors (Lipinski definition) is 5. The summed E-state index contributed by atoms with van der Waals surface area (Å²) in [7, 11) is 0. The van der Waals surface area contributed by atoms with Crippen LogP contribution in [0.5, 0.6) is 0 Å². The fraction of sp³-hybridized carbons (Fsp3) is 0.222. The Kier molecular flexibility index (Phi) is 4.47. The van der Waals surface area contributed by atoms with E-state index in [2.05, 4.69) is 10.3 Å². The lowest BCUT2D eigenvalue weighted by molar-refractivity contribution is -0.384. The Morgan fingerprint density at radius 3 is 2.76 bits per heavy atom. The van der Waals surface area contributed by atoms with Crippen LogP contribution in [0.4, 0.5) is 11.4 Å². The van der Waals surface area contributed by atoms with Gasteiger partial charge in [-0.2, -0.15) is 0 Å². The first-order valence-corrected chi connectivity index (χ1v) is 7.88. The number of rotatable bonds is 5. The number of fused-ring (bicyclic) bond motifs is 1. The zero-order chi connectivity index (χ0) is 18.0. The van der Waals surface area contributed by atoms with E-state index in [4.69, 9.17) is 4.42 Å². The molecular formula is C18H17N3O4. The highest BCUT2D eigenvalue weighted by atomic mass is 16.6. The monoisotopic (exact) mass is 339 g/mol. The third-order valence-corrected chi connectivity index (χ3v) is 3.61. The number of anilines is 1. The van der Waals surface area contributed by atoms with Crippen molar-refractivity contribution in [2.75, 3.05) is 5.32 Å². The van der Waals surface area contributed by atoms with Crippen LogP contribution < -0.4 is 5.32 Å². The molecule has 7 nitrogen and oxygen atoms in total. The second-order valence-electron chi connectivity index (χ2n) is 6.12. The Labute approximate surface area is 143 Å². The molecule has 1 N–H and O–H groups in total. The number of para-hydroxylation sites is 1. The summed E-state index contributed by atoms with van der Waals surface area (Å²) in [6, 6.07) is 11.4. The average Bonchev–Trinajstić information content (AvgIpc) is 2.97. The molecule has 0 aliphatic carbocycles. The Morgan fingerprint density at radius 2 is 2.04 bits per heavy atom. The molecular weight excluding hydrogens is 322 g/mol. The van der Waals surface area contributed by atoms with E-state index in [1.165, 1.54) is 12.1 Å². The number of amides is 1.